The molecule has 2 atom stereocenters. The molecule has 25 heavy (non-hydrogen) atoms. The number of carbonyl (C=O) groups excluding carboxylic acids is 1. The first kappa shape index (κ1) is 19.3. The minimum absolute atomic E-state index is 0.0215. The van der Waals surface area contributed by atoms with E-state index in [2.05, 4.69) is 15.5 Å². The molecule has 1 aliphatic heterocycles. The smallest absolute Gasteiger partial charge is 0.396 e. The summed E-state index contributed by atoms with van der Waals surface area (Å²) in [4.78, 5) is 11.9. The van der Waals surface area contributed by atoms with Crippen molar-refractivity contribution in [3.05, 3.63) is 35.4 Å². The molecule has 0 aliphatic carbocycles. The number of halogens is 3. The van der Waals surface area contributed by atoms with Crippen LogP contribution in [0.4, 0.5) is 13.2 Å². The van der Waals surface area contributed by atoms with Gasteiger partial charge in [-0.15, -0.1) is 10.2 Å². The van der Waals surface area contributed by atoms with E-state index in [1.54, 1.807) is 0 Å². The molecule has 1 aromatic carbocycles. The normalized spacial score (nSPS) is 17.8. The molecule has 10 heteroatoms. The lowest BCUT2D eigenvalue weighted by Crippen LogP contribution is -2.33. The molecule has 0 fully saturated rings. The van der Waals surface area contributed by atoms with Gasteiger partial charge in [0.1, 0.15) is 0 Å². The Bertz CT molecular complexity index is 628. The third-order valence-corrected chi connectivity index (χ3v) is 3.84. The number of benzene rings is 1. The van der Waals surface area contributed by atoms with E-state index < -0.39 is 30.0 Å². The number of hydrogen-bond donors (Lipinski definition) is 4. The van der Waals surface area contributed by atoms with E-state index in [0.29, 0.717) is 0 Å². The van der Waals surface area contributed by atoms with Gasteiger partial charge >= 0.3 is 11.8 Å². The summed E-state index contributed by atoms with van der Waals surface area (Å²) in [6, 6.07) is 4.75. The zero-order valence-corrected chi connectivity index (χ0v) is 13.1. The van der Waals surface area contributed by atoms with E-state index >= 15 is 0 Å². The van der Waals surface area contributed by atoms with Crippen molar-refractivity contribution in [1.82, 2.24) is 5.32 Å². The Labute approximate surface area is 141 Å². The van der Waals surface area contributed by atoms with Crippen LogP contribution in [-0.2, 0) is 5.66 Å². The summed E-state index contributed by atoms with van der Waals surface area (Å²) < 4.78 is 38.6. The fraction of sp³-hybridized carbons (Fsp3) is 0.533. The maximum Gasteiger partial charge on any atom is 0.442 e. The predicted octanol–water partition coefficient (Wildman–Crippen LogP) is 1.09. The van der Waals surface area contributed by atoms with E-state index in [9.17, 15) is 28.2 Å². The molecule has 2 rings (SSSR count). The molecule has 0 saturated carbocycles. The van der Waals surface area contributed by atoms with E-state index in [0.717, 1.165) is 12.1 Å². The number of nitrogens with zero attached hydrogens (tertiary/aromatic N) is 2. The lowest BCUT2D eigenvalue weighted by molar-refractivity contribution is -0.166. The quantitative estimate of drug-likeness (QED) is 0.555. The Morgan fingerprint density at radius 1 is 1.12 bits per heavy atom. The summed E-state index contributed by atoms with van der Waals surface area (Å²) in [6.07, 6.45) is -6.72. The Balaban J connectivity index is 1.87. The Hall–Kier alpha value is -2.04. The van der Waals surface area contributed by atoms with Crippen LogP contribution in [0.5, 0.6) is 0 Å². The topological polar surface area (TPSA) is 115 Å². The monoisotopic (exact) mass is 361 g/mol. The minimum Gasteiger partial charge on any atom is -0.396 e. The van der Waals surface area contributed by atoms with Gasteiger partial charge in [-0.2, -0.15) is 13.2 Å². The average Bonchev–Trinajstić information content (AvgIpc) is 3.36. The Morgan fingerprint density at radius 2 is 1.68 bits per heavy atom. The highest BCUT2D eigenvalue weighted by Gasteiger charge is 2.65. The third-order valence-electron chi connectivity index (χ3n) is 3.84. The molecule has 1 heterocycles. The van der Waals surface area contributed by atoms with Crippen LogP contribution < -0.4 is 5.32 Å². The van der Waals surface area contributed by atoms with Crippen LogP contribution in [0.25, 0.3) is 0 Å². The SMILES string of the molecule is O=C(NCCC(O)C(O)CCO)c1ccc(C2(C(F)(F)F)N=N2)cc1. The zero-order valence-electron chi connectivity index (χ0n) is 13.1. The van der Waals surface area contributed by atoms with Gasteiger partial charge in [0.05, 0.1) is 12.2 Å². The number of aliphatic hydroxyl groups is 3. The summed E-state index contributed by atoms with van der Waals surface area (Å²) in [6.45, 7) is -0.212. The second-order valence-corrected chi connectivity index (χ2v) is 5.64. The molecule has 0 spiro atoms. The molecule has 0 saturated heterocycles. The lowest BCUT2D eigenvalue weighted by Gasteiger charge is -2.17. The molecule has 138 valence electrons. The van der Waals surface area contributed by atoms with Crippen molar-refractivity contribution in [1.29, 1.82) is 0 Å². The third kappa shape index (κ3) is 4.33. The first-order chi connectivity index (χ1) is 11.7. The largest absolute Gasteiger partial charge is 0.442 e. The molecule has 1 amide bonds. The van der Waals surface area contributed by atoms with Crippen LogP contribution in [0, 0.1) is 0 Å². The van der Waals surface area contributed by atoms with Crippen molar-refractivity contribution in [2.45, 2.75) is 36.9 Å². The standard InChI is InChI=1S/C15H18F3N3O4/c16-15(17,18)14(20-21-14)10-3-1-9(2-4-10)13(25)19-7-5-11(23)12(24)6-8-22/h1-4,11-12,22-24H,5-8H2,(H,19,25). The van der Waals surface area contributed by atoms with E-state index in [1.807, 2.05) is 0 Å². The van der Waals surface area contributed by atoms with Crippen molar-refractivity contribution >= 4 is 5.91 Å². The van der Waals surface area contributed by atoms with Crippen molar-refractivity contribution in [2.75, 3.05) is 13.2 Å². The fourth-order valence-corrected chi connectivity index (χ4v) is 2.25. The highest BCUT2D eigenvalue weighted by Crippen LogP contribution is 2.52. The number of alkyl halides is 3. The second-order valence-electron chi connectivity index (χ2n) is 5.64. The van der Waals surface area contributed by atoms with Gasteiger partial charge in [-0.05, 0) is 25.0 Å². The minimum atomic E-state index is -4.62. The van der Waals surface area contributed by atoms with E-state index in [4.69, 9.17) is 5.11 Å². The number of hydrogen-bond acceptors (Lipinski definition) is 6. The molecule has 7 nitrogen and oxygen atoms in total. The Kier molecular flexibility index (Phi) is 5.76. The van der Waals surface area contributed by atoms with Gasteiger partial charge < -0.3 is 20.6 Å². The van der Waals surface area contributed by atoms with Gasteiger partial charge in [0, 0.05) is 24.3 Å². The van der Waals surface area contributed by atoms with Crippen LogP contribution >= 0.6 is 0 Å². The highest BCUT2D eigenvalue weighted by molar-refractivity contribution is 5.94. The molecule has 0 bridgehead atoms. The molecular weight excluding hydrogens is 343 g/mol. The van der Waals surface area contributed by atoms with Crippen molar-refractivity contribution in [2.24, 2.45) is 10.2 Å². The van der Waals surface area contributed by atoms with Gasteiger partial charge in [-0.1, -0.05) is 12.1 Å². The maximum absolute atomic E-state index is 12.9. The van der Waals surface area contributed by atoms with Crippen molar-refractivity contribution < 1.29 is 33.3 Å². The fourth-order valence-electron chi connectivity index (χ4n) is 2.25. The molecular formula is C15H18F3N3O4. The molecule has 1 aliphatic rings. The van der Waals surface area contributed by atoms with E-state index in [-0.39, 0.29) is 37.1 Å². The zero-order chi connectivity index (χ0) is 18.7. The predicted molar refractivity (Wildman–Crippen MR) is 79.7 cm³/mol. The Morgan fingerprint density at radius 3 is 2.16 bits per heavy atom. The lowest BCUT2D eigenvalue weighted by atomic mass is 10.0. The van der Waals surface area contributed by atoms with Gasteiger partial charge in [-0.3, -0.25) is 4.79 Å². The highest BCUT2D eigenvalue weighted by atomic mass is 19.4. The van der Waals surface area contributed by atoms with E-state index in [1.165, 1.54) is 12.1 Å². The molecule has 2 unspecified atom stereocenters. The number of nitrogens with one attached hydrogen (secondary N) is 1. The molecule has 0 radical (unpaired) electrons. The summed E-state index contributed by atoms with van der Waals surface area (Å²) >= 11 is 0. The van der Waals surface area contributed by atoms with Crippen LogP contribution in [0.2, 0.25) is 0 Å². The summed E-state index contributed by atoms with van der Waals surface area (Å²) in [5.41, 5.74) is -2.54. The summed E-state index contributed by atoms with van der Waals surface area (Å²) in [7, 11) is 0. The summed E-state index contributed by atoms with van der Waals surface area (Å²) in [5.74, 6) is -0.527. The van der Waals surface area contributed by atoms with Crippen molar-refractivity contribution in [3.8, 4) is 0 Å². The van der Waals surface area contributed by atoms with Gasteiger partial charge in [0.25, 0.3) is 5.91 Å². The maximum atomic E-state index is 12.9. The first-order valence-electron chi connectivity index (χ1n) is 7.58. The number of amides is 1. The first-order valence-corrected chi connectivity index (χ1v) is 7.58. The van der Waals surface area contributed by atoms with Gasteiger partial charge in [0.15, 0.2) is 0 Å². The number of aliphatic hydroxyl groups excluding tert-OH is 3. The van der Waals surface area contributed by atoms with Gasteiger partial charge in [-0.25, -0.2) is 0 Å². The molecule has 0 aromatic heterocycles. The number of carbonyl (C=O) groups is 1. The van der Waals surface area contributed by atoms with Crippen LogP contribution in [0.3, 0.4) is 0 Å². The molecule has 4 N–H and O–H groups in total. The van der Waals surface area contributed by atoms with Crippen molar-refractivity contribution in [3.63, 3.8) is 0 Å². The van der Waals surface area contributed by atoms with Crippen LogP contribution in [0.15, 0.2) is 34.5 Å². The van der Waals surface area contributed by atoms with Crippen LogP contribution in [0.1, 0.15) is 28.8 Å². The van der Waals surface area contributed by atoms with Gasteiger partial charge in [0.2, 0.25) is 0 Å². The molecule has 1 aromatic rings. The average molecular weight is 361 g/mol. The number of rotatable bonds is 8. The second kappa shape index (κ2) is 7.46. The summed E-state index contributed by atoms with van der Waals surface area (Å²) in [5, 5.41) is 36.4. The van der Waals surface area contributed by atoms with Crippen LogP contribution in [-0.4, -0.2) is 52.8 Å².